The van der Waals surface area contributed by atoms with Gasteiger partial charge < -0.3 is 0 Å². The standard InChI is InChI=1S/C48H31F3/c1-30-19-21-31(22-20-30)35-23-25-42-44(28-35)46(40-17-7-11-32-9-2-4-15-38(32)40)43-26-24-36(34-13-6-14-37(27-34)48(49,50)51)29-45(43)47(42)41-18-8-12-33-10-3-5-16-39(33)41/h2-29H,1H3. The summed E-state index contributed by atoms with van der Waals surface area (Å²) in [4.78, 5) is 0. The van der Waals surface area contributed by atoms with Gasteiger partial charge in [0.15, 0.2) is 0 Å². The number of aryl methyl sites for hydroxylation is 1. The fourth-order valence-electron chi connectivity index (χ4n) is 7.68. The molecule has 0 unspecified atom stereocenters. The number of alkyl halides is 3. The van der Waals surface area contributed by atoms with Crippen LogP contribution in [0.3, 0.4) is 0 Å². The maximum Gasteiger partial charge on any atom is 0.416 e. The molecule has 0 aliphatic heterocycles. The molecule has 9 aromatic carbocycles. The van der Waals surface area contributed by atoms with Gasteiger partial charge in [-0.2, -0.15) is 13.2 Å². The van der Waals surface area contributed by atoms with Gasteiger partial charge in [0.1, 0.15) is 0 Å². The van der Waals surface area contributed by atoms with Gasteiger partial charge in [-0.05, 0) is 119 Å². The molecule has 0 spiro atoms. The molecule has 0 heterocycles. The quantitative estimate of drug-likeness (QED) is 0.164. The Kier molecular flexibility index (Phi) is 7.25. The van der Waals surface area contributed by atoms with Gasteiger partial charge in [-0.15, -0.1) is 0 Å². The van der Waals surface area contributed by atoms with E-state index in [1.54, 1.807) is 6.07 Å². The first-order chi connectivity index (χ1) is 24.8. The molecule has 0 saturated carbocycles. The van der Waals surface area contributed by atoms with Gasteiger partial charge in [0.05, 0.1) is 5.56 Å². The van der Waals surface area contributed by atoms with E-state index in [4.69, 9.17) is 0 Å². The molecule has 0 aliphatic carbocycles. The molecule has 0 aromatic heterocycles. The summed E-state index contributed by atoms with van der Waals surface area (Å²) < 4.78 is 41.7. The second-order valence-corrected chi connectivity index (χ2v) is 13.3. The van der Waals surface area contributed by atoms with Crippen molar-refractivity contribution in [1.29, 1.82) is 0 Å². The lowest BCUT2D eigenvalue weighted by Crippen LogP contribution is -2.04. The largest absolute Gasteiger partial charge is 0.416 e. The van der Waals surface area contributed by atoms with Gasteiger partial charge in [0, 0.05) is 0 Å². The maximum atomic E-state index is 13.9. The molecular weight excluding hydrogens is 634 g/mol. The Morgan fingerprint density at radius 1 is 0.353 bits per heavy atom. The lowest BCUT2D eigenvalue weighted by molar-refractivity contribution is -0.137. The van der Waals surface area contributed by atoms with Crippen molar-refractivity contribution in [1.82, 2.24) is 0 Å². The second kappa shape index (κ2) is 12.0. The van der Waals surface area contributed by atoms with Crippen molar-refractivity contribution < 1.29 is 13.2 Å². The third-order valence-corrected chi connectivity index (χ3v) is 10.1. The number of rotatable bonds is 4. The van der Waals surface area contributed by atoms with E-state index in [1.807, 2.05) is 12.1 Å². The van der Waals surface area contributed by atoms with Crippen molar-refractivity contribution in [3.8, 4) is 44.5 Å². The highest BCUT2D eigenvalue weighted by atomic mass is 19.4. The summed E-state index contributed by atoms with van der Waals surface area (Å²) in [5.74, 6) is 0. The molecule has 0 nitrogen and oxygen atoms in total. The lowest BCUT2D eigenvalue weighted by Gasteiger charge is -2.21. The van der Waals surface area contributed by atoms with Crippen LogP contribution >= 0.6 is 0 Å². The van der Waals surface area contributed by atoms with E-state index in [0.717, 1.165) is 88.1 Å². The second-order valence-electron chi connectivity index (χ2n) is 13.3. The Morgan fingerprint density at radius 3 is 1.35 bits per heavy atom. The van der Waals surface area contributed by atoms with Gasteiger partial charge in [0.2, 0.25) is 0 Å². The third-order valence-electron chi connectivity index (χ3n) is 10.1. The first-order valence-electron chi connectivity index (χ1n) is 17.1. The van der Waals surface area contributed by atoms with Crippen LogP contribution in [0.2, 0.25) is 0 Å². The summed E-state index contributed by atoms with van der Waals surface area (Å²) in [6, 6.07) is 56.8. The molecule has 0 amide bonds. The first kappa shape index (κ1) is 30.8. The van der Waals surface area contributed by atoms with Crippen molar-refractivity contribution in [2.45, 2.75) is 13.1 Å². The fraction of sp³-hybridized carbons (Fsp3) is 0.0417. The van der Waals surface area contributed by atoms with E-state index in [0.29, 0.717) is 5.56 Å². The Bertz CT molecular complexity index is 2780. The van der Waals surface area contributed by atoms with E-state index in [2.05, 4.69) is 140 Å². The first-order valence-corrected chi connectivity index (χ1v) is 17.1. The van der Waals surface area contributed by atoms with E-state index < -0.39 is 11.7 Å². The minimum absolute atomic E-state index is 0.525. The van der Waals surface area contributed by atoms with E-state index in [9.17, 15) is 13.2 Å². The summed E-state index contributed by atoms with van der Waals surface area (Å²) in [5, 5.41) is 8.75. The van der Waals surface area contributed by atoms with Crippen molar-refractivity contribution in [2.75, 3.05) is 0 Å². The molecule has 0 radical (unpaired) electrons. The van der Waals surface area contributed by atoms with Crippen LogP contribution in [0.15, 0.2) is 170 Å². The molecule has 9 aromatic rings. The molecule has 0 saturated heterocycles. The molecule has 3 heteroatoms. The number of fused-ring (bicyclic) bond motifs is 4. The number of hydrogen-bond donors (Lipinski definition) is 0. The predicted octanol–water partition coefficient (Wildman–Crippen LogP) is 14.3. The maximum absolute atomic E-state index is 13.9. The summed E-state index contributed by atoms with van der Waals surface area (Å²) in [6.45, 7) is 2.10. The van der Waals surface area contributed by atoms with Gasteiger partial charge in [-0.3, -0.25) is 0 Å². The summed E-state index contributed by atoms with van der Waals surface area (Å²) in [5.41, 5.74) is 8.41. The Morgan fingerprint density at radius 2 is 0.804 bits per heavy atom. The minimum atomic E-state index is -4.44. The van der Waals surface area contributed by atoms with Crippen LogP contribution in [0, 0.1) is 6.92 Å². The van der Waals surface area contributed by atoms with Crippen LogP contribution < -0.4 is 0 Å². The van der Waals surface area contributed by atoms with Crippen molar-refractivity contribution in [3.63, 3.8) is 0 Å². The van der Waals surface area contributed by atoms with E-state index in [-0.39, 0.29) is 0 Å². The van der Waals surface area contributed by atoms with Crippen molar-refractivity contribution in [3.05, 3.63) is 181 Å². The zero-order chi connectivity index (χ0) is 34.7. The monoisotopic (exact) mass is 664 g/mol. The molecule has 9 rings (SSSR count). The Hall–Kier alpha value is -6.19. The predicted molar refractivity (Wildman–Crippen MR) is 208 cm³/mol. The molecule has 0 bridgehead atoms. The number of hydrogen-bond acceptors (Lipinski definition) is 0. The zero-order valence-electron chi connectivity index (χ0n) is 27.8. The third kappa shape index (κ3) is 5.34. The molecule has 0 aliphatic rings. The van der Waals surface area contributed by atoms with Gasteiger partial charge in [-0.1, -0.05) is 151 Å². The minimum Gasteiger partial charge on any atom is -0.166 e. The highest BCUT2D eigenvalue weighted by Gasteiger charge is 2.30. The molecular formula is C48H31F3. The highest BCUT2D eigenvalue weighted by Crippen LogP contribution is 2.48. The Labute approximate surface area is 294 Å². The van der Waals surface area contributed by atoms with Gasteiger partial charge in [0.25, 0.3) is 0 Å². The average molecular weight is 665 g/mol. The average Bonchev–Trinajstić information content (AvgIpc) is 3.16. The molecule has 0 N–H and O–H groups in total. The lowest BCUT2D eigenvalue weighted by atomic mass is 9.82. The van der Waals surface area contributed by atoms with Crippen LogP contribution in [0.5, 0.6) is 0 Å². The van der Waals surface area contributed by atoms with E-state index in [1.165, 1.54) is 17.7 Å². The van der Waals surface area contributed by atoms with Crippen molar-refractivity contribution >= 4 is 43.1 Å². The topological polar surface area (TPSA) is 0 Å². The highest BCUT2D eigenvalue weighted by molar-refractivity contribution is 6.26. The smallest absolute Gasteiger partial charge is 0.166 e. The van der Waals surface area contributed by atoms with Crippen LogP contribution in [0.1, 0.15) is 11.1 Å². The fourth-order valence-corrected chi connectivity index (χ4v) is 7.68. The van der Waals surface area contributed by atoms with Crippen LogP contribution in [-0.4, -0.2) is 0 Å². The summed E-state index contributed by atoms with van der Waals surface area (Å²) in [6.07, 6.45) is -4.44. The number of halogens is 3. The van der Waals surface area contributed by atoms with Crippen molar-refractivity contribution in [2.24, 2.45) is 0 Å². The molecule has 0 fully saturated rings. The normalized spacial score (nSPS) is 11.9. The summed E-state index contributed by atoms with van der Waals surface area (Å²) >= 11 is 0. The molecule has 51 heavy (non-hydrogen) atoms. The summed E-state index contributed by atoms with van der Waals surface area (Å²) in [7, 11) is 0. The Balaban J connectivity index is 1.46. The van der Waals surface area contributed by atoms with E-state index >= 15 is 0 Å². The van der Waals surface area contributed by atoms with Crippen LogP contribution in [0.4, 0.5) is 13.2 Å². The zero-order valence-corrected chi connectivity index (χ0v) is 27.8. The number of benzene rings is 9. The molecule has 0 atom stereocenters. The molecule has 244 valence electrons. The SMILES string of the molecule is Cc1ccc(-c2ccc3c(-c4cccc5ccccc45)c4cc(-c5cccc(C(F)(F)F)c5)ccc4c(-c4cccc5ccccc45)c3c2)cc1. The van der Waals surface area contributed by atoms with Gasteiger partial charge >= 0.3 is 6.18 Å². The van der Waals surface area contributed by atoms with Crippen LogP contribution in [-0.2, 0) is 6.18 Å². The van der Waals surface area contributed by atoms with Gasteiger partial charge in [-0.25, -0.2) is 0 Å². The van der Waals surface area contributed by atoms with Crippen LogP contribution in [0.25, 0.3) is 87.6 Å².